The second-order valence-corrected chi connectivity index (χ2v) is 4.59. The molecule has 1 aromatic carbocycles. The van der Waals surface area contributed by atoms with Crippen LogP contribution in [0.1, 0.15) is 18.1 Å². The molecule has 0 bridgehead atoms. The highest BCUT2D eigenvalue weighted by Gasteiger charge is 2.09. The van der Waals surface area contributed by atoms with Crippen LogP contribution in [-0.4, -0.2) is 8.42 Å². The molecule has 4 nitrogen and oxygen atoms in total. The molecule has 14 heavy (non-hydrogen) atoms. The van der Waals surface area contributed by atoms with E-state index in [4.69, 9.17) is 10.9 Å². The maximum atomic E-state index is 11.0. The summed E-state index contributed by atoms with van der Waals surface area (Å²) < 4.78 is 22.1. The maximum absolute atomic E-state index is 11.0. The maximum Gasteiger partial charge on any atom is 0.238 e. The average molecular weight is 214 g/mol. The first kappa shape index (κ1) is 11.2. The second-order valence-electron chi connectivity index (χ2n) is 3.03. The summed E-state index contributed by atoms with van der Waals surface area (Å²) in [5, 5.41) is 5.00. The van der Waals surface area contributed by atoms with E-state index in [2.05, 4.69) is 0 Å². The molecule has 0 saturated carbocycles. The molecule has 0 aliphatic heterocycles. The number of nitrogens with two attached hydrogens (primary N) is 2. The van der Waals surface area contributed by atoms with Gasteiger partial charge in [-0.15, -0.1) is 0 Å². The minimum Gasteiger partial charge on any atom is -0.326 e. The average Bonchev–Trinajstić information content (AvgIpc) is 2.15. The van der Waals surface area contributed by atoms with Crippen LogP contribution in [0.3, 0.4) is 0 Å². The van der Waals surface area contributed by atoms with Crippen molar-refractivity contribution in [1.29, 1.82) is 0 Å². The molecule has 1 rings (SSSR count). The van der Waals surface area contributed by atoms with Crippen LogP contribution in [0.2, 0.25) is 0 Å². The fraction of sp³-hybridized carbons (Fsp3) is 0.333. The predicted molar refractivity (Wildman–Crippen MR) is 55.1 cm³/mol. The van der Waals surface area contributed by atoms with Crippen LogP contribution in [0.25, 0.3) is 0 Å². The fourth-order valence-corrected chi connectivity index (χ4v) is 1.88. The van der Waals surface area contributed by atoms with E-state index in [0.29, 0.717) is 6.54 Å². The normalized spacial score (nSPS) is 11.6. The van der Waals surface area contributed by atoms with Gasteiger partial charge in [-0.05, 0) is 29.7 Å². The quantitative estimate of drug-likeness (QED) is 0.761. The molecule has 0 aliphatic rings. The molecule has 78 valence electrons. The standard InChI is InChI=1S/C9H14N2O2S/c1-2-7-3-4-9(14(11,12)13)5-8(7)6-10/h3-5H,2,6,10H2,1H3,(H2,11,12,13). The molecule has 0 heterocycles. The third kappa shape index (κ3) is 2.31. The zero-order valence-electron chi connectivity index (χ0n) is 8.03. The van der Waals surface area contributed by atoms with Crippen molar-refractivity contribution in [2.45, 2.75) is 24.8 Å². The van der Waals surface area contributed by atoms with Gasteiger partial charge in [0.25, 0.3) is 0 Å². The molecule has 5 heteroatoms. The minimum atomic E-state index is -3.62. The van der Waals surface area contributed by atoms with E-state index in [0.717, 1.165) is 17.5 Å². The van der Waals surface area contributed by atoms with Crippen molar-refractivity contribution in [3.63, 3.8) is 0 Å². The van der Waals surface area contributed by atoms with Gasteiger partial charge in [0.2, 0.25) is 10.0 Å². The van der Waals surface area contributed by atoms with E-state index in [9.17, 15) is 8.42 Å². The van der Waals surface area contributed by atoms with Crippen LogP contribution >= 0.6 is 0 Å². The number of rotatable bonds is 3. The van der Waals surface area contributed by atoms with Crippen LogP contribution in [0.15, 0.2) is 23.1 Å². The van der Waals surface area contributed by atoms with Crippen LogP contribution < -0.4 is 10.9 Å². The van der Waals surface area contributed by atoms with Crippen LogP contribution in [0, 0.1) is 0 Å². The Balaban J connectivity index is 3.28. The first-order valence-electron chi connectivity index (χ1n) is 4.33. The smallest absolute Gasteiger partial charge is 0.238 e. The lowest BCUT2D eigenvalue weighted by Gasteiger charge is -2.07. The first-order chi connectivity index (χ1) is 6.49. The summed E-state index contributed by atoms with van der Waals surface area (Å²) in [7, 11) is -3.62. The van der Waals surface area contributed by atoms with Crippen molar-refractivity contribution in [3.05, 3.63) is 29.3 Å². The molecule has 0 aliphatic carbocycles. The number of benzene rings is 1. The molecule has 0 saturated heterocycles. The molecule has 0 aromatic heterocycles. The lowest BCUT2D eigenvalue weighted by Crippen LogP contribution is -2.13. The van der Waals surface area contributed by atoms with Crippen LogP contribution in [0.5, 0.6) is 0 Å². The van der Waals surface area contributed by atoms with Crippen molar-refractivity contribution < 1.29 is 8.42 Å². The van der Waals surface area contributed by atoms with Gasteiger partial charge in [0.15, 0.2) is 0 Å². The number of primary sulfonamides is 1. The Hall–Kier alpha value is -0.910. The number of sulfonamides is 1. The monoisotopic (exact) mass is 214 g/mol. The second kappa shape index (κ2) is 4.08. The van der Waals surface area contributed by atoms with E-state index in [-0.39, 0.29) is 4.90 Å². The van der Waals surface area contributed by atoms with Gasteiger partial charge in [-0.2, -0.15) is 0 Å². The summed E-state index contributed by atoms with van der Waals surface area (Å²) in [6.45, 7) is 2.32. The lowest BCUT2D eigenvalue weighted by molar-refractivity contribution is 0.597. The SMILES string of the molecule is CCc1ccc(S(N)(=O)=O)cc1CN. The summed E-state index contributed by atoms with van der Waals surface area (Å²) in [5.74, 6) is 0. The van der Waals surface area contributed by atoms with Gasteiger partial charge < -0.3 is 5.73 Å². The number of hydrogen-bond acceptors (Lipinski definition) is 3. The molecule has 0 unspecified atom stereocenters. The van der Waals surface area contributed by atoms with Gasteiger partial charge in [-0.1, -0.05) is 13.0 Å². The highest BCUT2D eigenvalue weighted by atomic mass is 32.2. The third-order valence-electron chi connectivity index (χ3n) is 2.11. The molecule has 0 fully saturated rings. The summed E-state index contributed by atoms with van der Waals surface area (Å²) >= 11 is 0. The van der Waals surface area contributed by atoms with Crippen LogP contribution in [-0.2, 0) is 23.0 Å². The van der Waals surface area contributed by atoms with Crippen molar-refractivity contribution in [2.24, 2.45) is 10.9 Å². The molecular weight excluding hydrogens is 200 g/mol. The minimum absolute atomic E-state index is 0.121. The first-order valence-corrected chi connectivity index (χ1v) is 5.88. The van der Waals surface area contributed by atoms with Gasteiger partial charge >= 0.3 is 0 Å². The summed E-state index contributed by atoms with van der Waals surface area (Å²) in [6.07, 6.45) is 0.831. The Morgan fingerprint density at radius 2 is 1.93 bits per heavy atom. The Bertz CT molecular complexity index is 426. The van der Waals surface area contributed by atoms with Crippen molar-refractivity contribution in [1.82, 2.24) is 0 Å². The molecule has 0 radical (unpaired) electrons. The van der Waals surface area contributed by atoms with Gasteiger partial charge in [-0.25, -0.2) is 13.6 Å². The molecule has 4 N–H and O–H groups in total. The highest BCUT2D eigenvalue weighted by molar-refractivity contribution is 7.89. The summed E-state index contributed by atoms with van der Waals surface area (Å²) in [6, 6.07) is 4.80. The van der Waals surface area contributed by atoms with Crippen molar-refractivity contribution in [3.8, 4) is 0 Å². The summed E-state index contributed by atoms with van der Waals surface area (Å²) in [4.78, 5) is 0.121. The molecule has 0 spiro atoms. The molecule has 0 atom stereocenters. The number of hydrogen-bond donors (Lipinski definition) is 2. The Morgan fingerprint density at radius 1 is 1.29 bits per heavy atom. The van der Waals surface area contributed by atoms with Crippen molar-refractivity contribution in [2.75, 3.05) is 0 Å². The van der Waals surface area contributed by atoms with E-state index in [1.165, 1.54) is 12.1 Å². The van der Waals surface area contributed by atoms with E-state index >= 15 is 0 Å². The van der Waals surface area contributed by atoms with Gasteiger partial charge in [-0.3, -0.25) is 0 Å². The van der Waals surface area contributed by atoms with E-state index in [1.54, 1.807) is 6.07 Å². The Labute approximate surface area is 84.0 Å². The molecule has 0 amide bonds. The van der Waals surface area contributed by atoms with E-state index < -0.39 is 10.0 Å². The lowest BCUT2D eigenvalue weighted by atomic mass is 10.1. The zero-order valence-corrected chi connectivity index (χ0v) is 8.84. The van der Waals surface area contributed by atoms with Gasteiger partial charge in [0, 0.05) is 6.54 Å². The Morgan fingerprint density at radius 3 is 2.36 bits per heavy atom. The molecular formula is C9H14N2O2S. The van der Waals surface area contributed by atoms with Crippen LogP contribution in [0.4, 0.5) is 0 Å². The molecule has 1 aromatic rings. The van der Waals surface area contributed by atoms with Crippen molar-refractivity contribution >= 4 is 10.0 Å². The zero-order chi connectivity index (χ0) is 10.8. The summed E-state index contributed by atoms with van der Waals surface area (Å²) in [5.41, 5.74) is 7.39. The largest absolute Gasteiger partial charge is 0.326 e. The van der Waals surface area contributed by atoms with Gasteiger partial charge in [0.1, 0.15) is 0 Å². The highest BCUT2D eigenvalue weighted by Crippen LogP contribution is 2.15. The Kier molecular flexibility index (Phi) is 3.25. The van der Waals surface area contributed by atoms with Gasteiger partial charge in [0.05, 0.1) is 4.90 Å². The fourth-order valence-electron chi connectivity index (χ4n) is 1.31. The predicted octanol–water partition coefficient (Wildman–Crippen LogP) is 0.355. The number of aryl methyl sites for hydroxylation is 1. The topological polar surface area (TPSA) is 86.2 Å². The third-order valence-corrected chi connectivity index (χ3v) is 3.02. The van der Waals surface area contributed by atoms with E-state index in [1.807, 2.05) is 6.92 Å².